The zero-order valence-electron chi connectivity index (χ0n) is 10.3. The minimum atomic E-state index is -1.35. The molecule has 0 radical (unpaired) electrons. The van der Waals surface area contributed by atoms with Gasteiger partial charge in [-0.2, -0.15) is 0 Å². The Labute approximate surface area is 105 Å². The highest BCUT2D eigenvalue weighted by Gasteiger charge is 2.42. The molecule has 1 aliphatic heterocycles. The maximum absolute atomic E-state index is 11.5. The summed E-state index contributed by atoms with van der Waals surface area (Å²) >= 11 is 0. The summed E-state index contributed by atoms with van der Waals surface area (Å²) in [5, 5.41) is 38.3. The van der Waals surface area contributed by atoms with Crippen LogP contribution in [0.3, 0.4) is 0 Å². The molecule has 5 N–H and O–H groups in total. The highest BCUT2D eigenvalue weighted by Crippen LogP contribution is 2.17. The van der Waals surface area contributed by atoms with Crippen molar-refractivity contribution in [2.45, 2.75) is 50.5 Å². The Morgan fingerprint density at radius 3 is 2.67 bits per heavy atom. The summed E-state index contributed by atoms with van der Waals surface area (Å²) < 4.78 is 4.94. The minimum absolute atomic E-state index is 0.298. The van der Waals surface area contributed by atoms with Crippen LogP contribution in [0.1, 0.15) is 26.2 Å². The Morgan fingerprint density at radius 1 is 1.44 bits per heavy atom. The van der Waals surface area contributed by atoms with Crippen molar-refractivity contribution >= 4 is 11.8 Å². The lowest BCUT2D eigenvalue weighted by Gasteiger charge is -2.37. The quantitative estimate of drug-likeness (QED) is 0.423. The van der Waals surface area contributed by atoms with Gasteiger partial charge in [-0.3, -0.25) is 10.2 Å². The van der Waals surface area contributed by atoms with E-state index in [4.69, 9.17) is 15.3 Å². The van der Waals surface area contributed by atoms with Crippen LogP contribution in [0.2, 0.25) is 0 Å². The molecule has 0 aliphatic carbocycles. The second kappa shape index (κ2) is 6.67. The number of hydrogen-bond donors (Lipinski definition) is 5. The van der Waals surface area contributed by atoms with Gasteiger partial charge in [0, 0.05) is 6.42 Å². The van der Waals surface area contributed by atoms with Gasteiger partial charge < -0.3 is 25.4 Å². The van der Waals surface area contributed by atoms with E-state index in [0.29, 0.717) is 12.8 Å². The van der Waals surface area contributed by atoms with Crippen LogP contribution in [0.25, 0.3) is 0 Å². The molecule has 7 nitrogen and oxygen atoms in total. The number of rotatable bonds is 5. The zero-order valence-corrected chi connectivity index (χ0v) is 10.3. The summed E-state index contributed by atoms with van der Waals surface area (Å²) in [6, 6.07) is -1.06. The largest absolute Gasteiger partial charge is 0.471 e. The number of ether oxygens (including phenoxy) is 1. The lowest BCUT2D eigenvalue weighted by molar-refractivity contribution is -0.127. The molecule has 1 heterocycles. The van der Waals surface area contributed by atoms with Gasteiger partial charge in [0.05, 0.1) is 6.61 Å². The standard InChI is InChI=1S/C11H20N2O5/c1-2-3-4-7(15)13-8-10(17)9(16)6(5-14)18-11(8)12/h6,8-10,12,14,16-17H,2-5H2,1H3,(H,13,15)/t6-,8-,9-,10-/m1/s1. The van der Waals surface area contributed by atoms with Crippen LogP contribution in [-0.2, 0) is 9.53 Å². The molecule has 0 aromatic carbocycles. The van der Waals surface area contributed by atoms with Gasteiger partial charge in [0.15, 0.2) is 6.10 Å². The molecule has 0 unspecified atom stereocenters. The van der Waals surface area contributed by atoms with Crippen molar-refractivity contribution in [1.82, 2.24) is 5.32 Å². The first-order valence-corrected chi connectivity index (χ1v) is 6.02. The lowest BCUT2D eigenvalue weighted by Crippen LogP contribution is -2.62. The molecule has 0 aromatic rings. The third-order valence-electron chi connectivity index (χ3n) is 2.89. The van der Waals surface area contributed by atoms with E-state index >= 15 is 0 Å². The van der Waals surface area contributed by atoms with Gasteiger partial charge in [0.2, 0.25) is 11.8 Å². The molecule has 0 spiro atoms. The van der Waals surface area contributed by atoms with Crippen molar-refractivity contribution in [1.29, 1.82) is 5.41 Å². The summed E-state index contributed by atoms with van der Waals surface area (Å²) in [6.45, 7) is 1.45. The van der Waals surface area contributed by atoms with Gasteiger partial charge in [-0.05, 0) is 6.42 Å². The van der Waals surface area contributed by atoms with Crippen molar-refractivity contribution in [3.8, 4) is 0 Å². The molecule has 18 heavy (non-hydrogen) atoms. The van der Waals surface area contributed by atoms with Crippen molar-refractivity contribution in [3.63, 3.8) is 0 Å². The number of carbonyl (C=O) groups is 1. The minimum Gasteiger partial charge on any atom is -0.471 e. The van der Waals surface area contributed by atoms with Gasteiger partial charge >= 0.3 is 0 Å². The van der Waals surface area contributed by atoms with Crippen LogP contribution in [-0.4, -0.2) is 58.1 Å². The fourth-order valence-electron chi connectivity index (χ4n) is 1.76. The molecular formula is C11H20N2O5. The molecular weight excluding hydrogens is 240 g/mol. The Balaban J connectivity index is 2.60. The van der Waals surface area contributed by atoms with Crippen LogP contribution in [0.15, 0.2) is 0 Å². The first-order chi connectivity index (χ1) is 8.51. The predicted octanol–water partition coefficient (Wildman–Crippen LogP) is -1.25. The summed E-state index contributed by atoms with van der Waals surface area (Å²) in [7, 11) is 0. The third kappa shape index (κ3) is 3.41. The van der Waals surface area contributed by atoms with Crippen molar-refractivity contribution in [2.24, 2.45) is 0 Å². The van der Waals surface area contributed by atoms with E-state index in [1.54, 1.807) is 0 Å². The Bertz CT molecular complexity index is 310. The first kappa shape index (κ1) is 14.9. The molecule has 1 aliphatic rings. The second-order valence-corrected chi connectivity index (χ2v) is 4.33. The van der Waals surface area contributed by atoms with E-state index in [-0.39, 0.29) is 11.8 Å². The number of amides is 1. The molecule has 7 heteroatoms. The molecule has 0 aromatic heterocycles. The average Bonchev–Trinajstić information content (AvgIpc) is 2.36. The first-order valence-electron chi connectivity index (χ1n) is 6.02. The summed E-state index contributed by atoms with van der Waals surface area (Å²) in [6.07, 6.45) is -1.84. The van der Waals surface area contributed by atoms with Gasteiger partial charge in [-0.25, -0.2) is 0 Å². The normalized spacial score (nSPS) is 31.9. The van der Waals surface area contributed by atoms with E-state index in [1.807, 2.05) is 6.92 Å². The molecule has 104 valence electrons. The topological polar surface area (TPSA) is 123 Å². The molecule has 0 saturated carbocycles. The van der Waals surface area contributed by atoms with Crippen molar-refractivity contribution in [3.05, 3.63) is 0 Å². The Morgan fingerprint density at radius 2 is 2.11 bits per heavy atom. The fraction of sp³-hybridized carbons (Fsp3) is 0.818. The molecule has 1 rings (SSSR count). The van der Waals surface area contributed by atoms with Gasteiger partial charge in [0.1, 0.15) is 18.2 Å². The van der Waals surface area contributed by atoms with Crippen LogP contribution in [0, 0.1) is 5.41 Å². The van der Waals surface area contributed by atoms with E-state index in [2.05, 4.69) is 5.32 Å². The number of carbonyl (C=O) groups excluding carboxylic acids is 1. The number of aliphatic hydroxyl groups excluding tert-OH is 3. The Kier molecular flexibility index (Phi) is 5.52. The summed E-state index contributed by atoms with van der Waals surface area (Å²) in [5.74, 6) is -0.652. The monoisotopic (exact) mass is 260 g/mol. The summed E-state index contributed by atoms with van der Waals surface area (Å²) in [5.41, 5.74) is 0. The maximum atomic E-state index is 11.5. The Hall–Kier alpha value is -1.18. The smallest absolute Gasteiger partial charge is 0.220 e. The van der Waals surface area contributed by atoms with E-state index in [9.17, 15) is 15.0 Å². The van der Waals surface area contributed by atoms with Crippen molar-refractivity contribution in [2.75, 3.05) is 6.61 Å². The fourth-order valence-corrected chi connectivity index (χ4v) is 1.76. The van der Waals surface area contributed by atoms with E-state index in [0.717, 1.165) is 6.42 Å². The highest BCUT2D eigenvalue weighted by atomic mass is 16.5. The van der Waals surface area contributed by atoms with E-state index in [1.165, 1.54) is 0 Å². The van der Waals surface area contributed by atoms with Crippen LogP contribution >= 0.6 is 0 Å². The lowest BCUT2D eigenvalue weighted by atomic mass is 9.97. The average molecular weight is 260 g/mol. The number of nitrogens with one attached hydrogen (secondary N) is 2. The van der Waals surface area contributed by atoms with Crippen LogP contribution in [0.5, 0.6) is 0 Å². The van der Waals surface area contributed by atoms with Gasteiger partial charge in [0.25, 0.3) is 0 Å². The molecule has 1 amide bonds. The van der Waals surface area contributed by atoms with Gasteiger partial charge in [-0.1, -0.05) is 13.3 Å². The molecule has 0 bridgehead atoms. The van der Waals surface area contributed by atoms with Crippen molar-refractivity contribution < 1.29 is 24.9 Å². The van der Waals surface area contributed by atoms with Crippen LogP contribution < -0.4 is 5.32 Å². The number of aliphatic hydroxyl groups is 3. The highest BCUT2D eigenvalue weighted by molar-refractivity contribution is 5.87. The third-order valence-corrected chi connectivity index (χ3v) is 2.89. The van der Waals surface area contributed by atoms with Crippen LogP contribution in [0.4, 0.5) is 0 Å². The second-order valence-electron chi connectivity index (χ2n) is 4.33. The number of unbranched alkanes of at least 4 members (excludes halogenated alkanes) is 1. The molecule has 1 saturated heterocycles. The predicted molar refractivity (Wildman–Crippen MR) is 63.2 cm³/mol. The SMILES string of the molecule is CCCCC(=O)N[C@H]1C(=N)O[C@H](CO)[C@@H](O)[C@@H]1O. The van der Waals surface area contributed by atoms with Gasteiger partial charge in [-0.15, -0.1) is 0 Å². The zero-order chi connectivity index (χ0) is 13.7. The maximum Gasteiger partial charge on any atom is 0.220 e. The summed E-state index contributed by atoms with van der Waals surface area (Å²) in [4.78, 5) is 11.5. The number of hydrogen-bond acceptors (Lipinski definition) is 6. The molecule has 4 atom stereocenters. The van der Waals surface area contributed by atoms with E-state index < -0.39 is 31.0 Å². The molecule has 1 fully saturated rings.